The summed E-state index contributed by atoms with van der Waals surface area (Å²) in [6.07, 6.45) is 3.40. The Hall–Kier alpha value is -0.170. The lowest BCUT2D eigenvalue weighted by Crippen LogP contribution is -2.57. The summed E-state index contributed by atoms with van der Waals surface area (Å²) in [7, 11) is -1.69. The number of hydrogen-bond acceptors (Lipinski definition) is 3. The third-order valence-corrected chi connectivity index (χ3v) is 6.20. The molecule has 17 heavy (non-hydrogen) atoms. The number of hydrogen-bond donors (Lipinski definition) is 1. The fraction of sp³-hybridized carbons (Fsp3) is 1.00. The molecular formula is C11H25N3O2S. The van der Waals surface area contributed by atoms with Crippen LogP contribution in [0.25, 0.3) is 0 Å². The van der Waals surface area contributed by atoms with Crippen LogP contribution in [0.1, 0.15) is 39.5 Å². The van der Waals surface area contributed by atoms with E-state index in [4.69, 9.17) is 5.73 Å². The maximum Gasteiger partial charge on any atom is 0.282 e. The Labute approximate surface area is 105 Å². The Bertz CT molecular complexity index is 324. The van der Waals surface area contributed by atoms with Crippen molar-refractivity contribution in [1.82, 2.24) is 8.61 Å². The largest absolute Gasteiger partial charge is 0.329 e. The van der Waals surface area contributed by atoms with Gasteiger partial charge in [-0.25, -0.2) is 0 Å². The third-order valence-electron chi connectivity index (χ3n) is 4.10. The molecule has 1 rings (SSSR count). The second kappa shape index (κ2) is 5.65. The predicted octanol–water partition coefficient (Wildman–Crippen LogP) is 0.776. The molecular weight excluding hydrogens is 238 g/mol. The van der Waals surface area contributed by atoms with E-state index in [0.29, 0.717) is 19.6 Å². The van der Waals surface area contributed by atoms with Gasteiger partial charge in [0.15, 0.2) is 0 Å². The molecule has 0 spiro atoms. The lowest BCUT2D eigenvalue weighted by Gasteiger charge is -2.40. The number of nitrogens with two attached hydrogens (primary N) is 1. The van der Waals surface area contributed by atoms with Gasteiger partial charge in [-0.05, 0) is 25.7 Å². The van der Waals surface area contributed by atoms with Crippen LogP contribution in [0, 0.1) is 0 Å². The van der Waals surface area contributed by atoms with Crippen molar-refractivity contribution in [2.45, 2.75) is 45.1 Å². The zero-order chi connectivity index (χ0) is 13.1. The number of likely N-dealkylation sites (N-methyl/N-ethyl adjacent to an activating group) is 1. The summed E-state index contributed by atoms with van der Waals surface area (Å²) in [5, 5.41) is 0. The average Bonchev–Trinajstić information content (AvgIpc) is 2.86. The summed E-state index contributed by atoms with van der Waals surface area (Å²) in [6, 6.07) is 0. The molecule has 102 valence electrons. The van der Waals surface area contributed by atoms with Gasteiger partial charge in [0.2, 0.25) is 0 Å². The van der Waals surface area contributed by atoms with Gasteiger partial charge in [0.25, 0.3) is 10.2 Å². The van der Waals surface area contributed by atoms with Crippen molar-refractivity contribution in [3.63, 3.8) is 0 Å². The molecule has 0 amide bonds. The summed E-state index contributed by atoms with van der Waals surface area (Å²) in [5.74, 6) is 0. The lowest BCUT2D eigenvalue weighted by molar-refractivity contribution is 0.196. The summed E-state index contributed by atoms with van der Waals surface area (Å²) in [6.45, 7) is 5.63. The molecule has 0 radical (unpaired) electrons. The Kier molecular flexibility index (Phi) is 4.95. The highest BCUT2D eigenvalue weighted by Gasteiger charge is 2.40. The van der Waals surface area contributed by atoms with Crippen LogP contribution in [0.4, 0.5) is 0 Å². The van der Waals surface area contributed by atoms with Gasteiger partial charge in [-0.1, -0.05) is 13.8 Å². The van der Waals surface area contributed by atoms with Crippen LogP contribution in [0.5, 0.6) is 0 Å². The van der Waals surface area contributed by atoms with E-state index in [1.165, 1.54) is 4.31 Å². The molecule has 0 aromatic carbocycles. The van der Waals surface area contributed by atoms with Crippen LogP contribution in [-0.2, 0) is 10.2 Å². The highest BCUT2D eigenvalue weighted by atomic mass is 32.2. The first-order valence-corrected chi connectivity index (χ1v) is 7.78. The molecule has 1 heterocycles. The van der Waals surface area contributed by atoms with E-state index in [2.05, 4.69) is 0 Å². The molecule has 5 nitrogen and oxygen atoms in total. The molecule has 1 aliphatic rings. The highest BCUT2D eigenvalue weighted by molar-refractivity contribution is 7.86. The van der Waals surface area contributed by atoms with Gasteiger partial charge in [0, 0.05) is 32.2 Å². The van der Waals surface area contributed by atoms with Crippen LogP contribution in [-0.4, -0.2) is 49.2 Å². The van der Waals surface area contributed by atoms with Gasteiger partial charge < -0.3 is 5.73 Å². The first-order chi connectivity index (χ1) is 7.94. The van der Waals surface area contributed by atoms with Crippen LogP contribution >= 0.6 is 0 Å². The van der Waals surface area contributed by atoms with Crippen molar-refractivity contribution in [3.05, 3.63) is 0 Å². The van der Waals surface area contributed by atoms with Gasteiger partial charge >= 0.3 is 0 Å². The third kappa shape index (κ3) is 2.65. The maximum absolute atomic E-state index is 12.5. The van der Waals surface area contributed by atoms with E-state index in [-0.39, 0.29) is 0 Å². The van der Waals surface area contributed by atoms with Crippen molar-refractivity contribution in [3.8, 4) is 0 Å². The normalized spacial score (nSPS) is 19.1. The molecule has 1 saturated heterocycles. The minimum atomic E-state index is -3.35. The van der Waals surface area contributed by atoms with Gasteiger partial charge in [-0.3, -0.25) is 0 Å². The van der Waals surface area contributed by atoms with E-state index in [1.54, 1.807) is 11.4 Å². The molecule has 0 aromatic rings. The smallest absolute Gasteiger partial charge is 0.282 e. The molecule has 6 heteroatoms. The van der Waals surface area contributed by atoms with Crippen molar-refractivity contribution in [2.24, 2.45) is 5.73 Å². The number of rotatable bonds is 6. The van der Waals surface area contributed by atoms with Gasteiger partial charge in [0.05, 0.1) is 0 Å². The molecule has 2 N–H and O–H groups in total. The van der Waals surface area contributed by atoms with Crippen molar-refractivity contribution in [2.75, 3.05) is 26.7 Å². The number of nitrogens with zero attached hydrogens (tertiary/aromatic N) is 2. The maximum atomic E-state index is 12.5. The minimum absolute atomic E-state index is 0.365. The average molecular weight is 263 g/mol. The molecule has 1 fully saturated rings. The van der Waals surface area contributed by atoms with E-state index in [9.17, 15) is 8.42 Å². The molecule has 0 unspecified atom stereocenters. The molecule has 0 aliphatic carbocycles. The summed E-state index contributed by atoms with van der Waals surface area (Å²) < 4.78 is 28.0. The molecule has 0 saturated carbocycles. The second-order valence-electron chi connectivity index (χ2n) is 4.72. The Morgan fingerprint density at radius 3 is 2.06 bits per heavy atom. The van der Waals surface area contributed by atoms with E-state index < -0.39 is 15.7 Å². The topological polar surface area (TPSA) is 66.6 Å². The summed E-state index contributed by atoms with van der Waals surface area (Å²) in [4.78, 5) is 0. The monoisotopic (exact) mass is 263 g/mol. The fourth-order valence-electron chi connectivity index (χ4n) is 2.45. The molecule has 0 atom stereocenters. The molecule has 0 bridgehead atoms. The first kappa shape index (κ1) is 14.9. The predicted molar refractivity (Wildman–Crippen MR) is 69.9 cm³/mol. The Morgan fingerprint density at radius 2 is 1.71 bits per heavy atom. The van der Waals surface area contributed by atoms with Gasteiger partial charge in [-0.2, -0.15) is 17.0 Å². The minimum Gasteiger partial charge on any atom is -0.329 e. The van der Waals surface area contributed by atoms with Crippen molar-refractivity contribution < 1.29 is 8.42 Å². The summed E-state index contributed by atoms with van der Waals surface area (Å²) >= 11 is 0. The van der Waals surface area contributed by atoms with E-state index in [0.717, 1.165) is 25.7 Å². The lowest BCUT2D eigenvalue weighted by atomic mass is 9.93. The van der Waals surface area contributed by atoms with Crippen molar-refractivity contribution in [1.29, 1.82) is 0 Å². The standard InChI is InChI=1S/C11H25N3O2S/c1-4-11(5-2,10-12)13(3)17(15,16)14-8-6-7-9-14/h4-10,12H2,1-3H3. The van der Waals surface area contributed by atoms with E-state index >= 15 is 0 Å². The van der Waals surface area contributed by atoms with Gasteiger partial charge in [0.1, 0.15) is 0 Å². The van der Waals surface area contributed by atoms with Crippen molar-refractivity contribution >= 4 is 10.2 Å². The fourth-order valence-corrected chi connectivity index (χ4v) is 4.34. The SMILES string of the molecule is CCC(CC)(CN)N(C)S(=O)(=O)N1CCCC1. The Balaban J connectivity index is 2.96. The molecule has 1 aliphatic heterocycles. The Morgan fingerprint density at radius 1 is 1.24 bits per heavy atom. The zero-order valence-electron chi connectivity index (χ0n) is 11.1. The second-order valence-corrected chi connectivity index (χ2v) is 6.68. The summed E-state index contributed by atoms with van der Waals surface area (Å²) in [5.41, 5.74) is 5.36. The highest BCUT2D eigenvalue weighted by Crippen LogP contribution is 2.27. The first-order valence-electron chi connectivity index (χ1n) is 6.38. The van der Waals surface area contributed by atoms with E-state index in [1.807, 2.05) is 13.8 Å². The quantitative estimate of drug-likeness (QED) is 0.770. The van der Waals surface area contributed by atoms with Crippen LogP contribution < -0.4 is 5.73 Å². The molecule has 0 aromatic heterocycles. The van der Waals surface area contributed by atoms with Crippen LogP contribution in [0.3, 0.4) is 0 Å². The van der Waals surface area contributed by atoms with Crippen LogP contribution in [0.2, 0.25) is 0 Å². The van der Waals surface area contributed by atoms with Crippen LogP contribution in [0.15, 0.2) is 0 Å². The zero-order valence-corrected chi connectivity index (χ0v) is 12.0. The van der Waals surface area contributed by atoms with Gasteiger partial charge in [-0.15, -0.1) is 0 Å².